The average molecular weight is 156 g/mol. The Morgan fingerprint density at radius 2 is 1.91 bits per heavy atom. The van der Waals surface area contributed by atoms with Crippen LogP contribution in [-0.4, -0.2) is 11.8 Å². The highest BCUT2D eigenvalue weighted by atomic mass is 16.5. The largest absolute Gasteiger partial charge is 0.434 e. The van der Waals surface area contributed by atoms with Gasteiger partial charge in [-0.3, -0.25) is 9.59 Å². The first-order valence-corrected chi connectivity index (χ1v) is 3.45. The van der Waals surface area contributed by atoms with Gasteiger partial charge in [0, 0.05) is 18.9 Å². The third kappa shape index (κ3) is 4.31. The number of hydrogen-bond donors (Lipinski definition) is 0. The van der Waals surface area contributed by atoms with Crippen molar-refractivity contribution in [2.24, 2.45) is 0 Å². The van der Waals surface area contributed by atoms with Crippen LogP contribution in [0.15, 0.2) is 11.8 Å². The summed E-state index contributed by atoms with van der Waals surface area (Å²) in [6.07, 6.45) is 1.62. The van der Waals surface area contributed by atoms with E-state index >= 15 is 0 Å². The van der Waals surface area contributed by atoms with Gasteiger partial charge in [0.15, 0.2) is 5.78 Å². The SMILES string of the molecule is CCC(=O)/C(C)=C/OC(C)=O. The van der Waals surface area contributed by atoms with E-state index in [0.29, 0.717) is 12.0 Å². The van der Waals surface area contributed by atoms with E-state index in [1.54, 1.807) is 13.8 Å². The smallest absolute Gasteiger partial charge is 0.307 e. The Labute approximate surface area is 66.0 Å². The highest BCUT2D eigenvalue weighted by molar-refractivity contribution is 5.94. The van der Waals surface area contributed by atoms with Gasteiger partial charge in [0.2, 0.25) is 0 Å². The molecule has 0 spiro atoms. The minimum absolute atomic E-state index is 0.00810. The summed E-state index contributed by atoms with van der Waals surface area (Å²) in [7, 11) is 0. The number of ketones is 1. The summed E-state index contributed by atoms with van der Waals surface area (Å²) in [4.78, 5) is 21.1. The molecule has 0 radical (unpaired) electrons. The second kappa shape index (κ2) is 4.66. The van der Waals surface area contributed by atoms with E-state index in [2.05, 4.69) is 4.74 Å². The van der Waals surface area contributed by atoms with E-state index < -0.39 is 5.97 Å². The molecule has 62 valence electrons. The van der Waals surface area contributed by atoms with E-state index in [0.717, 1.165) is 0 Å². The Hall–Kier alpha value is -1.12. The number of allylic oxidation sites excluding steroid dienone is 1. The average Bonchev–Trinajstić information content (AvgIpc) is 1.98. The minimum atomic E-state index is -0.409. The topological polar surface area (TPSA) is 43.4 Å². The summed E-state index contributed by atoms with van der Waals surface area (Å²) in [5.41, 5.74) is 0.475. The molecule has 0 saturated carbocycles. The van der Waals surface area contributed by atoms with Crippen LogP contribution in [0.3, 0.4) is 0 Å². The van der Waals surface area contributed by atoms with Crippen LogP contribution >= 0.6 is 0 Å². The summed E-state index contributed by atoms with van der Waals surface area (Å²) in [6, 6.07) is 0. The first-order valence-electron chi connectivity index (χ1n) is 3.45. The van der Waals surface area contributed by atoms with Crippen molar-refractivity contribution in [1.82, 2.24) is 0 Å². The molecule has 0 atom stereocenters. The van der Waals surface area contributed by atoms with Gasteiger partial charge < -0.3 is 4.74 Å². The summed E-state index contributed by atoms with van der Waals surface area (Å²) >= 11 is 0. The minimum Gasteiger partial charge on any atom is -0.434 e. The van der Waals surface area contributed by atoms with Crippen LogP contribution in [-0.2, 0) is 14.3 Å². The molecule has 3 nitrogen and oxygen atoms in total. The molecule has 0 aliphatic heterocycles. The predicted octanol–water partition coefficient (Wildman–Crippen LogP) is 1.43. The summed E-state index contributed by atoms with van der Waals surface area (Å²) in [6.45, 7) is 4.67. The molecule has 0 saturated heterocycles. The van der Waals surface area contributed by atoms with Gasteiger partial charge in [0.05, 0.1) is 0 Å². The lowest BCUT2D eigenvalue weighted by atomic mass is 10.2. The van der Waals surface area contributed by atoms with Crippen LogP contribution in [0, 0.1) is 0 Å². The molecule has 0 bridgehead atoms. The molecular weight excluding hydrogens is 144 g/mol. The molecule has 0 rings (SSSR count). The Morgan fingerprint density at radius 3 is 2.27 bits per heavy atom. The van der Waals surface area contributed by atoms with Crippen LogP contribution < -0.4 is 0 Å². The van der Waals surface area contributed by atoms with Crippen molar-refractivity contribution in [1.29, 1.82) is 0 Å². The van der Waals surface area contributed by atoms with Gasteiger partial charge in [-0.25, -0.2) is 0 Å². The maximum Gasteiger partial charge on any atom is 0.307 e. The number of carbonyl (C=O) groups is 2. The van der Waals surface area contributed by atoms with Crippen molar-refractivity contribution in [2.45, 2.75) is 27.2 Å². The molecule has 0 heterocycles. The third-order valence-corrected chi connectivity index (χ3v) is 1.16. The lowest BCUT2D eigenvalue weighted by molar-refractivity contribution is -0.135. The molecular formula is C8H12O3. The summed E-state index contributed by atoms with van der Waals surface area (Å²) in [5.74, 6) is -0.417. The van der Waals surface area contributed by atoms with E-state index in [9.17, 15) is 9.59 Å². The number of Topliss-reactive ketones (excluding diaryl/α,β-unsaturated/α-hetero) is 1. The van der Waals surface area contributed by atoms with Gasteiger partial charge in [-0.1, -0.05) is 6.92 Å². The van der Waals surface area contributed by atoms with Crippen molar-refractivity contribution in [2.75, 3.05) is 0 Å². The fourth-order valence-electron chi connectivity index (χ4n) is 0.516. The maximum atomic E-state index is 10.9. The first-order chi connectivity index (χ1) is 5.07. The van der Waals surface area contributed by atoms with Gasteiger partial charge in [0.1, 0.15) is 6.26 Å². The lowest BCUT2D eigenvalue weighted by Crippen LogP contribution is -1.99. The Kier molecular flexibility index (Phi) is 4.18. The van der Waals surface area contributed by atoms with Crippen molar-refractivity contribution in [3.05, 3.63) is 11.8 Å². The molecule has 0 fully saturated rings. The molecule has 0 aliphatic rings. The lowest BCUT2D eigenvalue weighted by Gasteiger charge is -1.96. The van der Waals surface area contributed by atoms with E-state index in [1.807, 2.05) is 0 Å². The van der Waals surface area contributed by atoms with Gasteiger partial charge in [-0.15, -0.1) is 0 Å². The van der Waals surface area contributed by atoms with E-state index in [1.165, 1.54) is 13.2 Å². The standard InChI is InChI=1S/C8H12O3/c1-4-8(10)6(2)5-11-7(3)9/h5H,4H2,1-3H3/b6-5+. The van der Waals surface area contributed by atoms with Crippen molar-refractivity contribution in [3.63, 3.8) is 0 Å². The zero-order chi connectivity index (χ0) is 8.85. The fraction of sp³-hybridized carbons (Fsp3) is 0.500. The molecule has 0 aromatic heterocycles. The zero-order valence-electron chi connectivity index (χ0n) is 7.01. The highest BCUT2D eigenvalue weighted by Gasteiger charge is 2.00. The fourth-order valence-corrected chi connectivity index (χ4v) is 0.516. The van der Waals surface area contributed by atoms with Crippen molar-refractivity contribution < 1.29 is 14.3 Å². The molecule has 0 aromatic carbocycles. The Morgan fingerprint density at radius 1 is 1.36 bits per heavy atom. The van der Waals surface area contributed by atoms with Crippen LogP contribution in [0.2, 0.25) is 0 Å². The van der Waals surface area contributed by atoms with E-state index in [-0.39, 0.29) is 5.78 Å². The molecule has 0 aliphatic carbocycles. The van der Waals surface area contributed by atoms with Crippen LogP contribution in [0.1, 0.15) is 27.2 Å². The molecule has 0 N–H and O–H groups in total. The number of carbonyl (C=O) groups excluding carboxylic acids is 2. The number of esters is 1. The molecule has 0 aromatic rings. The van der Waals surface area contributed by atoms with Crippen molar-refractivity contribution in [3.8, 4) is 0 Å². The van der Waals surface area contributed by atoms with E-state index in [4.69, 9.17) is 0 Å². The van der Waals surface area contributed by atoms with Gasteiger partial charge in [0.25, 0.3) is 0 Å². The number of hydrogen-bond acceptors (Lipinski definition) is 3. The zero-order valence-corrected chi connectivity index (χ0v) is 7.01. The molecule has 0 unspecified atom stereocenters. The Balaban J connectivity index is 4.00. The first kappa shape index (κ1) is 9.88. The van der Waals surface area contributed by atoms with Crippen LogP contribution in [0.4, 0.5) is 0 Å². The summed E-state index contributed by atoms with van der Waals surface area (Å²) < 4.78 is 4.50. The molecule has 11 heavy (non-hydrogen) atoms. The molecule has 0 amide bonds. The van der Waals surface area contributed by atoms with Gasteiger partial charge >= 0.3 is 5.97 Å². The Bertz CT molecular complexity index is 192. The van der Waals surface area contributed by atoms with Gasteiger partial charge in [-0.2, -0.15) is 0 Å². The number of rotatable bonds is 3. The summed E-state index contributed by atoms with van der Waals surface area (Å²) in [5, 5.41) is 0. The van der Waals surface area contributed by atoms with Gasteiger partial charge in [-0.05, 0) is 6.92 Å². The van der Waals surface area contributed by atoms with Crippen molar-refractivity contribution >= 4 is 11.8 Å². The van der Waals surface area contributed by atoms with Crippen LogP contribution in [0.25, 0.3) is 0 Å². The molecule has 3 heteroatoms. The third-order valence-electron chi connectivity index (χ3n) is 1.16. The van der Waals surface area contributed by atoms with Crippen LogP contribution in [0.5, 0.6) is 0 Å². The second-order valence-electron chi connectivity index (χ2n) is 2.19. The predicted molar refractivity (Wildman–Crippen MR) is 40.8 cm³/mol. The second-order valence-corrected chi connectivity index (χ2v) is 2.19. The maximum absolute atomic E-state index is 10.9. The monoisotopic (exact) mass is 156 g/mol. The normalized spacial score (nSPS) is 11.0. The highest BCUT2D eigenvalue weighted by Crippen LogP contribution is 1.98. The quantitative estimate of drug-likeness (QED) is 0.352. The number of ether oxygens (including phenoxy) is 1.